The van der Waals surface area contributed by atoms with Gasteiger partial charge in [-0.1, -0.05) is 30.3 Å². The number of benzene rings is 1. The number of fused-ring (bicyclic) bond motifs is 1. The van der Waals surface area contributed by atoms with E-state index in [9.17, 15) is 14.0 Å². The number of carbonyl (C=O) groups is 1. The van der Waals surface area contributed by atoms with Gasteiger partial charge in [-0.3, -0.25) is 9.69 Å². The van der Waals surface area contributed by atoms with E-state index in [4.69, 9.17) is 5.11 Å². The number of halogens is 1. The van der Waals surface area contributed by atoms with Crippen LogP contribution in [0.4, 0.5) is 10.2 Å². The Kier molecular flexibility index (Phi) is 6.30. The Labute approximate surface area is 196 Å². The van der Waals surface area contributed by atoms with Gasteiger partial charge in [0.2, 0.25) is 5.43 Å². The summed E-state index contributed by atoms with van der Waals surface area (Å²) in [6.07, 6.45) is 4.16. The third-order valence-corrected chi connectivity index (χ3v) is 6.83. The number of hydrogen-bond acceptors (Lipinski definition) is 6. The third-order valence-electron chi connectivity index (χ3n) is 6.83. The zero-order chi connectivity index (χ0) is 23.7. The molecule has 2 fully saturated rings. The van der Waals surface area contributed by atoms with Gasteiger partial charge in [0.15, 0.2) is 11.6 Å². The van der Waals surface area contributed by atoms with Gasteiger partial charge in [0.05, 0.1) is 5.39 Å². The number of likely N-dealkylation sites (tertiary alicyclic amines) is 1. The van der Waals surface area contributed by atoms with Crippen LogP contribution in [0, 0.1) is 5.82 Å². The molecule has 1 atom stereocenters. The van der Waals surface area contributed by atoms with E-state index in [-0.39, 0.29) is 22.9 Å². The van der Waals surface area contributed by atoms with Crippen molar-refractivity contribution in [2.24, 2.45) is 0 Å². The molecule has 0 amide bonds. The van der Waals surface area contributed by atoms with Crippen LogP contribution in [0.5, 0.6) is 0 Å². The molecule has 178 valence electrons. The highest BCUT2D eigenvalue weighted by atomic mass is 19.1. The molecule has 34 heavy (non-hydrogen) atoms. The number of aromatic carboxylic acids is 1. The lowest BCUT2D eigenvalue weighted by Gasteiger charge is -2.34. The number of nitrogens with zero attached hydrogens (tertiary/aromatic N) is 3. The summed E-state index contributed by atoms with van der Waals surface area (Å²) < 4.78 is 14.9. The number of nitrogens with one attached hydrogen (secondary N) is 2. The predicted molar refractivity (Wildman–Crippen MR) is 128 cm³/mol. The minimum atomic E-state index is -1.35. The Bertz CT molecular complexity index is 1240. The van der Waals surface area contributed by atoms with Gasteiger partial charge >= 0.3 is 5.97 Å². The molecule has 0 aliphatic carbocycles. The summed E-state index contributed by atoms with van der Waals surface area (Å²) in [7, 11) is 0. The molecular weight excluding hydrogens is 437 g/mol. The lowest BCUT2D eigenvalue weighted by Crippen LogP contribution is -2.46. The average molecular weight is 466 g/mol. The van der Waals surface area contributed by atoms with Gasteiger partial charge in [-0.25, -0.2) is 14.2 Å². The second kappa shape index (κ2) is 9.52. The minimum absolute atomic E-state index is 0.0581. The normalized spacial score (nSPS) is 19.7. The first-order chi connectivity index (χ1) is 16.5. The Morgan fingerprint density at radius 1 is 1.15 bits per heavy atom. The van der Waals surface area contributed by atoms with Crippen LogP contribution in [-0.4, -0.2) is 64.2 Å². The average Bonchev–Trinajstić information content (AvgIpc) is 3.29. The molecule has 0 bridgehead atoms. The van der Waals surface area contributed by atoms with Gasteiger partial charge in [0.1, 0.15) is 11.2 Å². The van der Waals surface area contributed by atoms with Crippen LogP contribution in [0.25, 0.3) is 11.0 Å². The largest absolute Gasteiger partial charge is 0.477 e. The molecule has 1 unspecified atom stereocenters. The van der Waals surface area contributed by atoms with E-state index in [1.807, 2.05) is 11.0 Å². The van der Waals surface area contributed by atoms with Crippen molar-refractivity contribution in [2.45, 2.75) is 37.9 Å². The number of anilines is 1. The zero-order valence-electron chi connectivity index (χ0n) is 18.8. The summed E-state index contributed by atoms with van der Waals surface area (Å²) >= 11 is 0. The van der Waals surface area contributed by atoms with E-state index in [0.29, 0.717) is 19.1 Å². The van der Waals surface area contributed by atoms with Crippen LogP contribution in [-0.2, 0) is 6.54 Å². The Hall–Kier alpha value is -3.30. The Morgan fingerprint density at radius 2 is 1.88 bits per heavy atom. The molecule has 2 aromatic heterocycles. The number of carboxylic acid groups (broad SMARTS) is 1. The maximum atomic E-state index is 14.9. The summed E-state index contributed by atoms with van der Waals surface area (Å²) in [5.74, 6) is -1.78. The minimum Gasteiger partial charge on any atom is -0.477 e. The van der Waals surface area contributed by atoms with E-state index >= 15 is 0 Å². The summed E-state index contributed by atoms with van der Waals surface area (Å²) in [4.78, 5) is 34.9. The summed E-state index contributed by atoms with van der Waals surface area (Å²) in [6, 6.07) is 12.3. The molecule has 4 heterocycles. The molecule has 0 spiro atoms. The van der Waals surface area contributed by atoms with E-state index in [1.54, 1.807) is 0 Å². The molecule has 8 nitrogen and oxygen atoms in total. The quantitative estimate of drug-likeness (QED) is 0.514. The molecule has 5 rings (SSSR count). The van der Waals surface area contributed by atoms with E-state index in [1.165, 1.54) is 5.56 Å². The van der Waals surface area contributed by atoms with Gasteiger partial charge in [-0.15, -0.1) is 0 Å². The van der Waals surface area contributed by atoms with Gasteiger partial charge in [0.25, 0.3) is 0 Å². The topological polar surface area (TPSA) is 102 Å². The maximum Gasteiger partial charge on any atom is 0.341 e. The Morgan fingerprint density at radius 3 is 2.62 bits per heavy atom. The number of piperidine rings is 1. The number of H-pyrrole nitrogens is 1. The standard InChI is InChI=1S/C25H28FN5O3/c26-21-12-19-22(32)20(25(33)34)13-27-23(19)29-24(21)31-11-8-18(15-31)28-17-6-9-30(10-7-17)14-16-4-2-1-3-5-16/h1-5,12-13,17-18,28H,6-11,14-15H2,(H,33,34)(H,27,29,32). The lowest BCUT2D eigenvalue weighted by atomic mass is 10.0. The first kappa shape index (κ1) is 22.5. The van der Waals surface area contributed by atoms with E-state index in [0.717, 1.165) is 51.2 Å². The van der Waals surface area contributed by atoms with E-state index < -0.39 is 22.8 Å². The van der Waals surface area contributed by atoms with Crippen molar-refractivity contribution in [3.8, 4) is 0 Å². The van der Waals surface area contributed by atoms with Crippen molar-refractivity contribution >= 4 is 22.8 Å². The van der Waals surface area contributed by atoms with Gasteiger partial charge in [-0.2, -0.15) is 0 Å². The van der Waals surface area contributed by atoms with Gasteiger partial charge in [-0.05, 0) is 44.0 Å². The SMILES string of the molecule is O=C(O)c1c[nH]c2nc(N3CCC(NC4CCN(Cc5ccccc5)CC4)C3)c(F)cc2c1=O. The molecular formula is C25H28FN5O3. The fourth-order valence-corrected chi connectivity index (χ4v) is 5.02. The van der Waals surface area contributed by atoms with Crippen molar-refractivity contribution < 1.29 is 14.3 Å². The van der Waals surface area contributed by atoms with Crippen LogP contribution in [0.1, 0.15) is 35.2 Å². The van der Waals surface area contributed by atoms with Crippen LogP contribution in [0.15, 0.2) is 47.4 Å². The summed E-state index contributed by atoms with van der Waals surface area (Å²) in [5, 5.41) is 12.8. The first-order valence-electron chi connectivity index (χ1n) is 11.7. The number of hydrogen-bond donors (Lipinski definition) is 3. The number of pyridine rings is 2. The third kappa shape index (κ3) is 4.67. The van der Waals surface area contributed by atoms with Crippen LogP contribution in [0.3, 0.4) is 0 Å². The summed E-state index contributed by atoms with van der Waals surface area (Å²) in [6.45, 7) is 4.38. The highest BCUT2D eigenvalue weighted by Gasteiger charge is 2.29. The van der Waals surface area contributed by atoms with E-state index in [2.05, 4.69) is 44.5 Å². The highest BCUT2D eigenvalue weighted by Crippen LogP contribution is 2.25. The van der Waals surface area contributed by atoms with Crippen molar-refractivity contribution in [2.75, 3.05) is 31.1 Å². The molecule has 2 aliphatic heterocycles. The summed E-state index contributed by atoms with van der Waals surface area (Å²) in [5.41, 5.74) is 0.361. The first-order valence-corrected chi connectivity index (χ1v) is 11.7. The van der Waals surface area contributed by atoms with Crippen molar-refractivity contribution in [1.82, 2.24) is 20.2 Å². The predicted octanol–water partition coefficient (Wildman–Crippen LogP) is 2.59. The monoisotopic (exact) mass is 465 g/mol. The number of carboxylic acids is 1. The smallest absolute Gasteiger partial charge is 0.341 e. The van der Waals surface area contributed by atoms with Gasteiger partial charge in [0, 0.05) is 37.9 Å². The molecule has 0 saturated carbocycles. The van der Waals surface area contributed by atoms with Crippen molar-refractivity contribution in [1.29, 1.82) is 0 Å². The molecule has 1 aromatic carbocycles. The van der Waals surface area contributed by atoms with Crippen molar-refractivity contribution in [3.05, 3.63) is 69.8 Å². The van der Waals surface area contributed by atoms with Crippen LogP contribution in [0.2, 0.25) is 0 Å². The van der Waals surface area contributed by atoms with Crippen molar-refractivity contribution in [3.63, 3.8) is 0 Å². The second-order valence-electron chi connectivity index (χ2n) is 9.16. The maximum absolute atomic E-state index is 14.9. The molecule has 2 aliphatic rings. The fourth-order valence-electron chi connectivity index (χ4n) is 5.02. The number of rotatable bonds is 6. The van der Waals surface area contributed by atoms with Crippen LogP contribution < -0.4 is 15.6 Å². The molecule has 3 N–H and O–H groups in total. The second-order valence-corrected chi connectivity index (χ2v) is 9.16. The van der Waals surface area contributed by atoms with Crippen LogP contribution >= 0.6 is 0 Å². The molecule has 2 saturated heterocycles. The zero-order valence-corrected chi connectivity index (χ0v) is 18.8. The number of aromatic nitrogens is 2. The fraction of sp³-hybridized carbons (Fsp3) is 0.400. The lowest BCUT2D eigenvalue weighted by molar-refractivity contribution is 0.0695. The molecule has 0 radical (unpaired) electrons. The highest BCUT2D eigenvalue weighted by molar-refractivity contribution is 5.91. The Balaban J connectivity index is 1.19. The van der Waals surface area contributed by atoms with Gasteiger partial charge < -0.3 is 20.3 Å². The molecule has 3 aromatic rings. The number of aromatic amines is 1. The molecule has 9 heteroatoms.